The van der Waals surface area contributed by atoms with Crippen LogP contribution in [0.2, 0.25) is 0 Å². The highest BCUT2D eigenvalue weighted by molar-refractivity contribution is 5.45. The van der Waals surface area contributed by atoms with Gasteiger partial charge in [0.1, 0.15) is 12.1 Å². The van der Waals surface area contributed by atoms with Gasteiger partial charge in [0.25, 0.3) is 0 Å². The molecule has 3 aliphatic rings. The summed E-state index contributed by atoms with van der Waals surface area (Å²) in [6.07, 6.45) is 6.34. The molecule has 0 aliphatic carbocycles. The Morgan fingerprint density at radius 1 is 1.04 bits per heavy atom. The summed E-state index contributed by atoms with van der Waals surface area (Å²) in [5, 5.41) is 0. The Morgan fingerprint density at radius 3 is 2.81 bits per heavy atom. The molecule has 1 unspecified atom stereocenters. The van der Waals surface area contributed by atoms with E-state index in [9.17, 15) is 0 Å². The van der Waals surface area contributed by atoms with Crippen molar-refractivity contribution in [3.8, 4) is 0 Å². The number of rotatable bonds is 2. The molecule has 1 atom stereocenters. The van der Waals surface area contributed by atoms with E-state index in [4.69, 9.17) is 14.5 Å². The van der Waals surface area contributed by atoms with Crippen molar-refractivity contribution in [2.75, 3.05) is 55.8 Å². The van der Waals surface area contributed by atoms with Crippen molar-refractivity contribution in [1.82, 2.24) is 19.9 Å². The third kappa shape index (κ3) is 2.69. The molecule has 0 aromatic carbocycles. The molecular weight excluding hydrogens is 332 g/mol. The Balaban J connectivity index is 1.47. The summed E-state index contributed by atoms with van der Waals surface area (Å²) in [5.74, 6) is 1.78. The van der Waals surface area contributed by atoms with E-state index < -0.39 is 0 Å². The van der Waals surface area contributed by atoms with Crippen LogP contribution in [-0.2, 0) is 21.5 Å². The second-order valence-electron chi connectivity index (χ2n) is 7.16. The quantitative estimate of drug-likeness (QED) is 0.783. The Hall–Kier alpha value is -2.32. The van der Waals surface area contributed by atoms with Gasteiger partial charge in [0.15, 0.2) is 0 Å². The lowest BCUT2D eigenvalue weighted by molar-refractivity contribution is 0.0556. The van der Waals surface area contributed by atoms with Crippen molar-refractivity contribution in [2.45, 2.75) is 18.4 Å². The van der Waals surface area contributed by atoms with Crippen LogP contribution in [0.3, 0.4) is 0 Å². The molecule has 5 rings (SSSR count). The van der Waals surface area contributed by atoms with E-state index in [-0.39, 0.29) is 5.41 Å². The number of fused-ring (bicyclic) bond motifs is 2. The van der Waals surface area contributed by atoms with E-state index in [1.807, 2.05) is 12.3 Å². The molecule has 0 saturated carbocycles. The standard InChI is InChI=1S/C18H22N6O2/c1-3-19-13-21-15(1)24-4-2-18(11-24)12-26-10-14-9-20-17(22-16(14)18)23-5-7-25-8-6-23/h1,3,9,13H,2,4-8,10-12H2. The average molecular weight is 354 g/mol. The van der Waals surface area contributed by atoms with E-state index >= 15 is 0 Å². The highest BCUT2D eigenvalue weighted by Crippen LogP contribution is 2.40. The van der Waals surface area contributed by atoms with Gasteiger partial charge >= 0.3 is 0 Å². The van der Waals surface area contributed by atoms with Crippen LogP contribution in [0.25, 0.3) is 0 Å². The van der Waals surface area contributed by atoms with Crippen molar-refractivity contribution < 1.29 is 9.47 Å². The molecule has 2 fully saturated rings. The molecule has 2 saturated heterocycles. The molecule has 8 heteroatoms. The third-order valence-corrected chi connectivity index (χ3v) is 5.53. The van der Waals surface area contributed by atoms with Gasteiger partial charge in [-0.3, -0.25) is 0 Å². The maximum atomic E-state index is 5.93. The first kappa shape index (κ1) is 15.9. The van der Waals surface area contributed by atoms with Gasteiger partial charge in [-0.05, 0) is 12.5 Å². The minimum Gasteiger partial charge on any atom is -0.378 e. The largest absolute Gasteiger partial charge is 0.378 e. The Kier molecular flexibility index (Phi) is 3.94. The summed E-state index contributed by atoms with van der Waals surface area (Å²) in [6.45, 7) is 6.24. The normalized spacial score (nSPS) is 25.5. The maximum absolute atomic E-state index is 5.93. The number of ether oxygens (including phenoxy) is 2. The summed E-state index contributed by atoms with van der Waals surface area (Å²) < 4.78 is 11.4. The molecule has 2 aromatic heterocycles. The van der Waals surface area contributed by atoms with Crippen LogP contribution >= 0.6 is 0 Å². The number of hydrogen-bond acceptors (Lipinski definition) is 8. The van der Waals surface area contributed by atoms with E-state index in [0.29, 0.717) is 13.2 Å². The predicted octanol–water partition coefficient (Wildman–Crippen LogP) is 0.781. The van der Waals surface area contributed by atoms with E-state index in [1.54, 1.807) is 12.5 Å². The fourth-order valence-electron chi connectivity index (χ4n) is 4.15. The lowest BCUT2D eigenvalue weighted by atomic mass is 9.80. The fourth-order valence-corrected chi connectivity index (χ4v) is 4.15. The lowest BCUT2D eigenvalue weighted by Gasteiger charge is -2.35. The molecular formula is C18H22N6O2. The summed E-state index contributed by atoms with van der Waals surface area (Å²) in [5.41, 5.74) is 2.16. The average Bonchev–Trinajstić information content (AvgIpc) is 3.14. The molecule has 26 heavy (non-hydrogen) atoms. The number of hydrogen-bond donors (Lipinski definition) is 0. The summed E-state index contributed by atoms with van der Waals surface area (Å²) in [4.78, 5) is 22.6. The molecule has 0 radical (unpaired) electrons. The zero-order valence-corrected chi connectivity index (χ0v) is 14.7. The van der Waals surface area contributed by atoms with Crippen molar-refractivity contribution >= 4 is 11.8 Å². The van der Waals surface area contributed by atoms with E-state index in [2.05, 4.69) is 24.8 Å². The van der Waals surface area contributed by atoms with Crippen LogP contribution in [-0.4, -0.2) is 65.9 Å². The number of aromatic nitrogens is 4. The van der Waals surface area contributed by atoms with Gasteiger partial charge in [-0.2, -0.15) is 0 Å². The predicted molar refractivity (Wildman–Crippen MR) is 95.3 cm³/mol. The van der Waals surface area contributed by atoms with Gasteiger partial charge in [0.05, 0.1) is 37.5 Å². The molecule has 2 aromatic rings. The molecule has 8 nitrogen and oxygen atoms in total. The highest BCUT2D eigenvalue weighted by atomic mass is 16.5. The van der Waals surface area contributed by atoms with Crippen molar-refractivity contribution in [1.29, 1.82) is 0 Å². The van der Waals surface area contributed by atoms with E-state index in [1.165, 1.54) is 0 Å². The van der Waals surface area contributed by atoms with Gasteiger partial charge in [-0.1, -0.05) is 0 Å². The second-order valence-corrected chi connectivity index (χ2v) is 7.16. The van der Waals surface area contributed by atoms with Gasteiger partial charge in [-0.15, -0.1) is 0 Å². The SMILES string of the molecule is c1cc(N2CCC3(COCc4cnc(N5CCOCC5)nc43)C2)ncn1. The summed E-state index contributed by atoms with van der Waals surface area (Å²) in [7, 11) is 0. The van der Waals surface area contributed by atoms with Crippen LogP contribution in [0.1, 0.15) is 17.7 Å². The molecule has 0 N–H and O–H groups in total. The van der Waals surface area contributed by atoms with Gasteiger partial charge in [-0.25, -0.2) is 19.9 Å². The number of nitrogens with zero attached hydrogens (tertiary/aromatic N) is 6. The van der Waals surface area contributed by atoms with Gasteiger partial charge in [0.2, 0.25) is 5.95 Å². The van der Waals surface area contributed by atoms with Crippen molar-refractivity contribution in [3.05, 3.63) is 36.0 Å². The lowest BCUT2D eigenvalue weighted by Crippen LogP contribution is -2.42. The number of morpholine rings is 1. The molecule has 1 spiro atoms. The molecule has 136 valence electrons. The van der Waals surface area contributed by atoms with Crippen LogP contribution in [0, 0.1) is 0 Å². The highest BCUT2D eigenvalue weighted by Gasteiger charge is 2.45. The first-order chi connectivity index (χ1) is 12.8. The summed E-state index contributed by atoms with van der Waals surface area (Å²) in [6, 6.07) is 1.96. The molecule has 0 bridgehead atoms. The first-order valence-electron chi connectivity index (χ1n) is 9.12. The van der Waals surface area contributed by atoms with Gasteiger partial charge < -0.3 is 19.3 Å². The Bertz CT molecular complexity index is 783. The Morgan fingerprint density at radius 2 is 1.96 bits per heavy atom. The zero-order chi connectivity index (χ0) is 17.4. The van der Waals surface area contributed by atoms with Crippen LogP contribution in [0.15, 0.2) is 24.8 Å². The molecule has 5 heterocycles. The maximum Gasteiger partial charge on any atom is 0.225 e. The van der Waals surface area contributed by atoms with Crippen molar-refractivity contribution in [2.24, 2.45) is 0 Å². The minimum absolute atomic E-state index is 0.0947. The minimum atomic E-state index is -0.0947. The third-order valence-electron chi connectivity index (χ3n) is 5.53. The Labute approximate surface area is 152 Å². The zero-order valence-electron chi connectivity index (χ0n) is 14.7. The topological polar surface area (TPSA) is 76.5 Å². The molecule has 3 aliphatic heterocycles. The smallest absolute Gasteiger partial charge is 0.225 e. The van der Waals surface area contributed by atoms with Crippen LogP contribution in [0.4, 0.5) is 11.8 Å². The number of anilines is 2. The van der Waals surface area contributed by atoms with Crippen LogP contribution < -0.4 is 9.80 Å². The second kappa shape index (κ2) is 6.44. The van der Waals surface area contributed by atoms with Crippen molar-refractivity contribution in [3.63, 3.8) is 0 Å². The monoisotopic (exact) mass is 354 g/mol. The molecule has 0 amide bonds. The van der Waals surface area contributed by atoms with Gasteiger partial charge in [0, 0.05) is 44.1 Å². The summed E-state index contributed by atoms with van der Waals surface area (Å²) >= 11 is 0. The fraction of sp³-hybridized carbons (Fsp3) is 0.556. The van der Waals surface area contributed by atoms with Crippen LogP contribution in [0.5, 0.6) is 0 Å². The first-order valence-corrected chi connectivity index (χ1v) is 9.12. The van der Waals surface area contributed by atoms with E-state index in [0.717, 1.165) is 68.8 Å².